The number of ether oxygens (including phenoxy) is 1. The summed E-state index contributed by atoms with van der Waals surface area (Å²) >= 11 is 0. The molecule has 1 aromatic heterocycles. The summed E-state index contributed by atoms with van der Waals surface area (Å²) in [5.41, 5.74) is 2.92. The molecule has 3 rings (SSSR count). The predicted molar refractivity (Wildman–Crippen MR) is 78.3 cm³/mol. The molecule has 0 aliphatic rings. The molecule has 1 atom stereocenters. The molecule has 0 spiro atoms. The first-order valence-corrected chi connectivity index (χ1v) is 6.76. The van der Waals surface area contributed by atoms with E-state index in [0.717, 1.165) is 16.6 Å². The fourth-order valence-corrected chi connectivity index (χ4v) is 2.21. The summed E-state index contributed by atoms with van der Waals surface area (Å²) in [6, 6.07) is 18.0. The Balaban J connectivity index is 2.09. The van der Waals surface area contributed by atoms with Crippen LogP contribution in [0.25, 0.3) is 11.0 Å². The monoisotopic (exact) mass is 267 g/mol. The van der Waals surface area contributed by atoms with Crippen LogP contribution in [0.3, 0.4) is 0 Å². The third-order valence-electron chi connectivity index (χ3n) is 3.09. The van der Waals surface area contributed by atoms with Crippen LogP contribution in [0.5, 0.6) is 0 Å². The molecule has 0 aliphatic heterocycles. The van der Waals surface area contributed by atoms with Crippen LogP contribution in [0.4, 0.5) is 0 Å². The van der Waals surface area contributed by atoms with Crippen LogP contribution in [-0.4, -0.2) is 21.1 Å². The Morgan fingerprint density at radius 3 is 2.40 bits per heavy atom. The summed E-state index contributed by atoms with van der Waals surface area (Å²) in [5, 5.41) is 8.47. The lowest BCUT2D eigenvalue weighted by Gasteiger charge is -2.21. The minimum atomic E-state index is -0.261. The highest BCUT2D eigenvalue weighted by atomic mass is 16.5. The molecular weight excluding hydrogens is 250 g/mol. The van der Waals surface area contributed by atoms with E-state index < -0.39 is 0 Å². The summed E-state index contributed by atoms with van der Waals surface area (Å²) in [6.45, 7) is 4.05. The SMILES string of the molecule is CC(C)OC(c1ccccc1)n1nnc2ccccc21. The molecule has 0 saturated carbocycles. The van der Waals surface area contributed by atoms with Gasteiger partial charge in [-0.15, -0.1) is 5.10 Å². The number of rotatable bonds is 4. The molecule has 0 N–H and O–H groups in total. The fraction of sp³-hybridized carbons (Fsp3) is 0.250. The summed E-state index contributed by atoms with van der Waals surface area (Å²) in [6.07, 6.45) is -0.160. The highest BCUT2D eigenvalue weighted by Gasteiger charge is 2.19. The van der Waals surface area contributed by atoms with E-state index in [9.17, 15) is 0 Å². The van der Waals surface area contributed by atoms with E-state index in [2.05, 4.69) is 10.3 Å². The number of hydrogen-bond donors (Lipinski definition) is 0. The van der Waals surface area contributed by atoms with Crippen molar-refractivity contribution in [2.45, 2.75) is 26.2 Å². The molecule has 1 unspecified atom stereocenters. The standard InChI is InChI=1S/C16H17N3O/c1-12(2)20-16(13-8-4-3-5-9-13)19-15-11-7-6-10-14(15)17-18-19/h3-12,16H,1-2H3. The minimum absolute atomic E-state index is 0.100. The quantitative estimate of drug-likeness (QED) is 0.727. The molecule has 2 aromatic carbocycles. The van der Waals surface area contributed by atoms with Gasteiger partial charge in [-0.3, -0.25) is 0 Å². The molecule has 0 amide bonds. The molecule has 4 heteroatoms. The van der Waals surface area contributed by atoms with Crippen molar-refractivity contribution in [1.29, 1.82) is 0 Å². The van der Waals surface area contributed by atoms with Gasteiger partial charge in [0.05, 0.1) is 11.6 Å². The van der Waals surface area contributed by atoms with Gasteiger partial charge >= 0.3 is 0 Å². The number of aromatic nitrogens is 3. The predicted octanol–water partition coefficient (Wildman–Crippen LogP) is 3.40. The Morgan fingerprint density at radius 2 is 1.65 bits per heavy atom. The number of nitrogens with zero attached hydrogens (tertiary/aromatic N) is 3. The van der Waals surface area contributed by atoms with E-state index in [4.69, 9.17) is 4.74 Å². The number of benzene rings is 2. The molecule has 0 saturated heterocycles. The third kappa shape index (κ3) is 2.42. The topological polar surface area (TPSA) is 39.9 Å². The minimum Gasteiger partial charge on any atom is -0.349 e. The lowest BCUT2D eigenvalue weighted by molar-refractivity contribution is -0.0163. The molecule has 3 aromatic rings. The molecule has 20 heavy (non-hydrogen) atoms. The van der Waals surface area contributed by atoms with Crippen LogP contribution in [0.15, 0.2) is 54.6 Å². The Hall–Kier alpha value is -2.20. The molecule has 0 aliphatic carbocycles. The van der Waals surface area contributed by atoms with Gasteiger partial charge in [0.2, 0.25) is 0 Å². The highest BCUT2D eigenvalue weighted by molar-refractivity contribution is 5.74. The summed E-state index contributed by atoms with van der Waals surface area (Å²) in [4.78, 5) is 0. The van der Waals surface area contributed by atoms with Gasteiger partial charge in [-0.05, 0) is 26.0 Å². The van der Waals surface area contributed by atoms with E-state index in [-0.39, 0.29) is 12.3 Å². The van der Waals surface area contributed by atoms with Crippen LogP contribution in [-0.2, 0) is 4.74 Å². The van der Waals surface area contributed by atoms with Crippen molar-refractivity contribution in [3.8, 4) is 0 Å². The molecule has 0 bridgehead atoms. The zero-order valence-corrected chi connectivity index (χ0v) is 11.6. The Bertz CT molecular complexity index is 691. The second-order valence-corrected chi connectivity index (χ2v) is 4.97. The lowest BCUT2D eigenvalue weighted by Crippen LogP contribution is -2.19. The average Bonchev–Trinajstić information content (AvgIpc) is 2.89. The maximum Gasteiger partial charge on any atom is 0.178 e. The largest absolute Gasteiger partial charge is 0.349 e. The second-order valence-electron chi connectivity index (χ2n) is 4.97. The average molecular weight is 267 g/mol. The summed E-state index contributed by atoms with van der Waals surface area (Å²) < 4.78 is 7.89. The first kappa shape index (κ1) is 12.8. The van der Waals surface area contributed by atoms with Gasteiger partial charge in [0.15, 0.2) is 6.23 Å². The van der Waals surface area contributed by atoms with Crippen molar-refractivity contribution in [2.75, 3.05) is 0 Å². The number of para-hydroxylation sites is 1. The highest BCUT2D eigenvalue weighted by Crippen LogP contribution is 2.24. The van der Waals surface area contributed by atoms with Crippen LogP contribution in [0.2, 0.25) is 0 Å². The number of hydrogen-bond acceptors (Lipinski definition) is 3. The van der Waals surface area contributed by atoms with Crippen LogP contribution in [0, 0.1) is 0 Å². The number of fused-ring (bicyclic) bond motifs is 1. The Labute approximate surface area is 118 Å². The van der Waals surface area contributed by atoms with Gasteiger partial charge in [-0.2, -0.15) is 0 Å². The maximum absolute atomic E-state index is 6.05. The zero-order valence-electron chi connectivity index (χ0n) is 11.6. The summed E-state index contributed by atoms with van der Waals surface area (Å²) in [7, 11) is 0. The Kier molecular flexibility index (Phi) is 3.48. The molecule has 0 fully saturated rings. The van der Waals surface area contributed by atoms with E-state index in [1.54, 1.807) is 0 Å². The van der Waals surface area contributed by atoms with Crippen molar-refractivity contribution in [3.05, 3.63) is 60.2 Å². The second kappa shape index (κ2) is 5.43. The third-order valence-corrected chi connectivity index (χ3v) is 3.09. The van der Waals surface area contributed by atoms with E-state index in [0.29, 0.717) is 0 Å². The van der Waals surface area contributed by atoms with Crippen molar-refractivity contribution < 1.29 is 4.74 Å². The van der Waals surface area contributed by atoms with E-state index in [1.165, 1.54) is 0 Å². The molecule has 0 radical (unpaired) electrons. The van der Waals surface area contributed by atoms with Crippen LogP contribution >= 0.6 is 0 Å². The first-order chi connectivity index (χ1) is 9.75. The van der Waals surface area contributed by atoms with Crippen molar-refractivity contribution in [2.24, 2.45) is 0 Å². The normalized spacial score (nSPS) is 12.9. The van der Waals surface area contributed by atoms with Crippen molar-refractivity contribution in [1.82, 2.24) is 15.0 Å². The van der Waals surface area contributed by atoms with Gasteiger partial charge < -0.3 is 4.74 Å². The summed E-state index contributed by atoms with van der Waals surface area (Å²) in [5.74, 6) is 0. The molecule has 4 nitrogen and oxygen atoms in total. The van der Waals surface area contributed by atoms with Gasteiger partial charge in [0, 0.05) is 5.56 Å². The fourth-order valence-electron chi connectivity index (χ4n) is 2.21. The molecule has 102 valence electrons. The maximum atomic E-state index is 6.05. The van der Waals surface area contributed by atoms with E-state index in [1.807, 2.05) is 73.1 Å². The molecule has 1 heterocycles. The van der Waals surface area contributed by atoms with E-state index >= 15 is 0 Å². The first-order valence-electron chi connectivity index (χ1n) is 6.76. The van der Waals surface area contributed by atoms with Gasteiger partial charge in [0.1, 0.15) is 5.52 Å². The van der Waals surface area contributed by atoms with Gasteiger partial charge in [0.25, 0.3) is 0 Å². The van der Waals surface area contributed by atoms with Gasteiger partial charge in [-0.25, -0.2) is 4.68 Å². The zero-order chi connectivity index (χ0) is 13.9. The lowest BCUT2D eigenvalue weighted by atomic mass is 10.2. The van der Waals surface area contributed by atoms with Crippen LogP contribution in [0.1, 0.15) is 25.6 Å². The van der Waals surface area contributed by atoms with Crippen molar-refractivity contribution in [3.63, 3.8) is 0 Å². The van der Waals surface area contributed by atoms with Gasteiger partial charge in [-0.1, -0.05) is 47.7 Å². The van der Waals surface area contributed by atoms with Crippen LogP contribution < -0.4 is 0 Å². The Morgan fingerprint density at radius 1 is 0.950 bits per heavy atom. The molecular formula is C16H17N3O. The smallest absolute Gasteiger partial charge is 0.178 e. The van der Waals surface area contributed by atoms with Crippen molar-refractivity contribution >= 4 is 11.0 Å².